The van der Waals surface area contributed by atoms with Gasteiger partial charge in [0.1, 0.15) is 30.7 Å². The molecule has 0 amide bonds. The van der Waals surface area contributed by atoms with Crippen molar-refractivity contribution in [3.8, 4) is 0 Å². The normalized spacial score (nSPS) is 27.2. The lowest BCUT2D eigenvalue weighted by atomic mass is 10.1. The van der Waals surface area contributed by atoms with Gasteiger partial charge in [-0.3, -0.25) is 9.36 Å². The summed E-state index contributed by atoms with van der Waals surface area (Å²) in [7, 11) is 0. The first-order valence-electron chi connectivity index (χ1n) is 6.46. The molecule has 0 bridgehead atoms. The third-order valence-corrected chi connectivity index (χ3v) is 3.16. The molecule has 0 radical (unpaired) electrons. The highest BCUT2D eigenvalue weighted by molar-refractivity contribution is 5.85. The Hall–Kier alpha value is -1.68. The predicted octanol–water partition coefficient (Wildman–Crippen LogP) is -1.18. The maximum Gasteiger partial charge on any atom is 0.351 e. The summed E-state index contributed by atoms with van der Waals surface area (Å²) in [6.45, 7) is 1.42. The summed E-state index contributed by atoms with van der Waals surface area (Å²) in [5.74, 6) is -0.409. The van der Waals surface area contributed by atoms with Gasteiger partial charge in [-0.15, -0.1) is 12.4 Å². The van der Waals surface area contributed by atoms with Crippen LogP contribution in [0, 0.1) is 0 Å². The van der Waals surface area contributed by atoms with E-state index in [1.54, 1.807) is 6.92 Å². The van der Waals surface area contributed by atoms with E-state index in [2.05, 4.69) is 4.98 Å². The molecule has 1 fully saturated rings. The van der Waals surface area contributed by atoms with Gasteiger partial charge < -0.3 is 25.4 Å². The third-order valence-electron chi connectivity index (χ3n) is 3.16. The van der Waals surface area contributed by atoms with Crippen LogP contribution in [0.25, 0.3) is 0 Å². The highest BCUT2D eigenvalue weighted by Gasteiger charge is 2.44. The highest BCUT2D eigenvalue weighted by atomic mass is 35.5. The molecular weight excluding hydrogens is 318 g/mol. The van der Waals surface area contributed by atoms with E-state index in [1.165, 1.54) is 12.3 Å². The smallest absolute Gasteiger partial charge is 0.351 e. The number of anilines is 1. The Morgan fingerprint density at radius 1 is 1.50 bits per heavy atom. The minimum absolute atomic E-state index is 0. The Bertz CT molecular complexity index is 580. The Morgan fingerprint density at radius 3 is 2.77 bits per heavy atom. The zero-order valence-electron chi connectivity index (χ0n) is 11.8. The number of hydrogen-bond donors (Lipinski definition) is 3. The van der Waals surface area contributed by atoms with Crippen LogP contribution in [0.5, 0.6) is 0 Å². The number of nitrogen functional groups attached to an aromatic ring is 1. The maximum atomic E-state index is 11.7. The lowest BCUT2D eigenvalue weighted by Crippen LogP contribution is -2.36. The molecule has 2 rings (SSSR count). The van der Waals surface area contributed by atoms with Gasteiger partial charge in [0.25, 0.3) is 0 Å². The molecule has 0 saturated carbocycles. The third kappa shape index (κ3) is 3.74. The van der Waals surface area contributed by atoms with Crippen LogP contribution in [-0.2, 0) is 14.3 Å². The fraction of sp³-hybridized carbons (Fsp3) is 0.583. The van der Waals surface area contributed by atoms with E-state index >= 15 is 0 Å². The summed E-state index contributed by atoms with van der Waals surface area (Å²) in [6.07, 6.45) is -3.18. The summed E-state index contributed by atoms with van der Waals surface area (Å²) in [6, 6.07) is 1.37. The SMILES string of the molecule is CCC(=O)OC[C@H]1O[C@@H](n2ccc(N)nc2=O)[C@@H](O)[C@@H]1O.Cl. The number of ether oxygens (including phenoxy) is 2. The van der Waals surface area contributed by atoms with E-state index in [9.17, 15) is 19.8 Å². The molecule has 4 N–H and O–H groups in total. The average Bonchev–Trinajstić information content (AvgIpc) is 2.73. The zero-order valence-corrected chi connectivity index (χ0v) is 12.6. The van der Waals surface area contributed by atoms with E-state index in [1.807, 2.05) is 0 Å². The average molecular weight is 336 g/mol. The van der Waals surface area contributed by atoms with Crippen LogP contribution in [0.15, 0.2) is 17.1 Å². The first-order chi connectivity index (χ1) is 9.93. The van der Waals surface area contributed by atoms with Crippen LogP contribution in [0.1, 0.15) is 19.6 Å². The van der Waals surface area contributed by atoms with E-state index < -0.39 is 36.2 Å². The topological polar surface area (TPSA) is 137 Å². The molecule has 1 saturated heterocycles. The van der Waals surface area contributed by atoms with Crippen LogP contribution in [-0.4, -0.2) is 50.7 Å². The molecule has 22 heavy (non-hydrogen) atoms. The molecule has 0 aliphatic carbocycles. The number of aliphatic hydroxyl groups excluding tert-OH is 2. The fourth-order valence-electron chi connectivity index (χ4n) is 1.99. The minimum atomic E-state index is -1.35. The molecule has 0 unspecified atom stereocenters. The highest BCUT2D eigenvalue weighted by Crippen LogP contribution is 2.28. The Labute approximate surface area is 132 Å². The molecular formula is C12H18ClN3O6. The number of aromatic nitrogens is 2. The quantitative estimate of drug-likeness (QED) is 0.585. The number of aliphatic hydroxyl groups is 2. The molecule has 0 aromatic carbocycles. The lowest BCUT2D eigenvalue weighted by Gasteiger charge is -2.16. The lowest BCUT2D eigenvalue weighted by molar-refractivity contribution is -0.149. The number of rotatable bonds is 4. The van der Waals surface area contributed by atoms with Crippen molar-refractivity contribution < 1.29 is 24.5 Å². The van der Waals surface area contributed by atoms with Crippen molar-refractivity contribution in [1.82, 2.24) is 9.55 Å². The van der Waals surface area contributed by atoms with Crippen molar-refractivity contribution in [2.24, 2.45) is 0 Å². The van der Waals surface area contributed by atoms with Crippen molar-refractivity contribution in [2.45, 2.75) is 37.9 Å². The summed E-state index contributed by atoms with van der Waals surface area (Å²) >= 11 is 0. The first-order valence-corrected chi connectivity index (χ1v) is 6.46. The first kappa shape index (κ1) is 18.4. The molecule has 10 heteroatoms. The van der Waals surface area contributed by atoms with E-state index in [-0.39, 0.29) is 31.3 Å². The molecule has 2 heterocycles. The van der Waals surface area contributed by atoms with Crippen LogP contribution in [0.3, 0.4) is 0 Å². The van der Waals surface area contributed by atoms with Gasteiger partial charge in [0.05, 0.1) is 0 Å². The monoisotopic (exact) mass is 335 g/mol. The number of nitrogens with two attached hydrogens (primary N) is 1. The Kier molecular flexibility index (Phi) is 6.30. The summed E-state index contributed by atoms with van der Waals surface area (Å²) in [4.78, 5) is 26.3. The Balaban J connectivity index is 0.00000242. The molecule has 1 aromatic rings. The second-order valence-corrected chi connectivity index (χ2v) is 4.63. The van der Waals surface area contributed by atoms with Gasteiger partial charge in [0.15, 0.2) is 6.23 Å². The second kappa shape index (κ2) is 7.54. The fourth-order valence-corrected chi connectivity index (χ4v) is 1.99. The number of carbonyl (C=O) groups is 1. The Morgan fingerprint density at radius 2 is 2.18 bits per heavy atom. The number of esters is 1. The van der Waals surface area contributed by atoms with Crippen LogP contribution in [0.2, 0.25) is 0 Å². The van der Waals surface area contributed by atoms with Crippen molar-refractivity contribution in [1.29, 1.82) is 0 Å². The zero-order chi connectivity index (χ0) is 15.6. The van der Waals surface area contributed by atoms with E-state index in [0.29, 0.717) is 0 Å². The molecule has 1 aliphatic rings. The van der Waals surface area contributed by atoms with Crippen molar-refractivity contribution >= 4 is 24.2 Å². The molecule has 1 aliphatic heterocycles. The van der Waals surface area contributed by atoms with Gasteiger partial charge in [-0.25, -0.2) is 4.79 Å². The van der Waals surface area contributed by atoms with Gasteiger partial charge in [-0.2, -0.15) is 4.98 Å². The number of carbonyl (C=O) groups excluding carboxylic acids is 1. The predicted molar refractivity (Wildman–Crippen MR) is 77.3 cm³/mol. The molecule has 9 nitrogen and oxygen atoms in total. The van der Waals surface area contributed by atoms with Crippen LogP contribution < -0.4 is 11.4 Å². The van der Waals surface area contributed by atoms with Crippen molar-refractivity contribution in [3.63, 3.8) is 0 Å². The largest absolute Gasteiger partial charge is 0.463 e. The van der Waals surface area contributed by atoms with E-state index in [4.69, 9.17) is 15.2 Å². The van der Waals surface area contributed by atoms with Gasteiger partial charge in [-0.1, -0.05) is 6.92 Å². The molecule has 1 aromatic heterocycles. The van der Waals surface area contributed by atoms with E-state index in [0.717, 1.165) is 4.57 Å². The summed E-state index contributed by atoms with van der Waals surface area (Å²) in [5, 5.41) is 19.9. The maximum absolute atomic E-state index is 11.7. The minimum Gasteiger partial charge on any atom is -0.463 e. The second-order valence-electron chi connectivity index (χ2n) is 4.63. The van der Waals surface area contributed by atoms with Crippen molar-refractivity contribution in [2.75, 3.05) is 12.3 Å². The standard InChI is InChI=1S/C12H17N3O6.ClH/c1-2-8(16)20-5-6-9(17)10(18)11(21-6)15-4-3-7(13)14-12(15)19;/h3-4,6,9-11,17-18H,2,5H2,1H3,(H2,13,14,19);1H/t6-,9-,10+,11-;/m1./s1. The number of hydrogen-bond acceptors (Lipinski definition) is 8. The molecule has 4 atom stereocenters. The number of halogens is 1. The molecule has 124 valence electrons. The summed E-state index contributed by atoms with van der Waals surface area (Å²) < 4.78 is 11.3. The van der Waals surface area contributed by atoms with Gasteiger partial charge >= 0.3 is 11.7 Å². The van der Waals surface area contributed by atoms with Gasteiger partial charge in [-0.05, 0) is 6.07 Å². The van der Waals surface area contributed by atoms with Gasteiger partial charge in [0, 0.05) is 12.6 Å². The summed E-state index contributed by atoms with van der Waals surface area (Å²) in [5.41, 5.74) is 4.67. The van der Waals surface area contributed by atoms with Crippen LogP contribution >= 0.6 is 12.4 Å². The van der Waals surface area contributed by atoms with Gasteiger partial charge in [0.2, 0.25) is 0 Å². The van der Waals surface area contributed by atoms with Crippen LogP contribution in [0.4, 0.5) is 5.82 Å². The number of nitrogens with zero attached hydrogens (tertiary/aromatic N) is 2. The molecule has 0 spiro atoms. The van der Waals surface area contributed by atoms with Crippen molar-refractivity contribution in [3.05, 3.63) is 22.7 Å².